The van der Waals surface area contributed by atoms with E-state index in [1.54, 1.807) is 0 Å². The summed E-state index contributed by atoms with van der Waals surface area (Å²) in [5.41, 5.74) is 1.10. The lowest BCUT2D eigenvalue weighted by Crippen LogP contribution is -2.38. The third kappa shape index (κ3) is 4.84. The van der Waals surface area contributed by atoms with Crippen molar-refractivity contribution in [3.05, 3.63) is 59.0 Å². The van der Waals surface area contributed by atoms with Crippen LogP contribution >= 0.6 is 0 Å². The zero-order valence-corrected chi connectivity index (χ0v) is 16.4. The van der Waals surface area contributed by atoms with Crippen LogP contribution in [-0.4, -0.2) is 36.1 Å². The van der Waals surface area contributed by atoms with Gasteiger partial charge in [0.15, 0.2) is 5.76 Å². The molecule has 2 amide bonds. The average Bonchev–Trinajstić information content (AvgIpc) is 3.19. The van der Waals surface area contributed by atoms with Crippen molar-refractivity contribution in [2.45, 2.75) is 50.2 Å². The third-order valence-electron chi connectivity index (χ3n) is 5.30. The van der Waals surface area contributed by atoms with Crippen LogP contribution in [0.1, 0.15) is 70.3 Å². The van der Waals surface area contributed by atoms with Gasteiger partial charge in [-0.1, -0.05) is 30.3 Å². The van der Waals surface area contributed by atoms with Crippen molar-refractivity contribution in [3.8, 4) is 6.07 Å². The average molecular weight is 395 g/mol. The second-order valence-electron chi connectivity index (χ2n) is 7.27. The Morgan fingerprint density at radius 3 is 2.52 bits per heavy atom. The molecular formula is C22H25N3O4. The molecule has 1 aliphatic rings. The molecule has 0 radical (unpaired) electrons. The molecule has 7 heteroatoms. The summed E-state index contributed by atoms with van der Waals surface area (Å²) in [5.74, 6) is -0.891. The van der Waals surface area contributed by atoms with E-state index in [-0.39, 0.29) is 35.8 Å². The number of nitrogens with one attached hydrogen (secondary N) is 2. The fourth-order valence-corrected chi connectivity index (χ4v) is 3.70. The maximum atomic E-state index is 13.0. The first-order chi connectivity index (χ1) is 14.0. The van der Waals surface area contributed by atoms with Gasteiger partial charge in [0.05, 0.1) is 23.7 Å². The molecule has 0 saturated heterocycles. The smallest absolute Gasteiger partial charge is 0.286 e. The number of amides is 2. The first-order valence-electron chi connectivity index (χ1n) is 9.80. The number of carbonyl (C=O) groups excluding carboxylic acids is 2. The minimum absolute atomic E-state index is 0.0330. The summed E-state index contributed by atoms with van der Waals surface area (Å²) < 4.78 is 5.80. The molecule has 1 aliphatic carbocycles. The highest BCUT2D eigenvalue weighted by Crippen LogP contribution is 2.33. The minimum Gasteiger partial charge on any atom is -0.454 e. The zero-order chi connectivity index (χ0) is 20.8. The lowest BCUT2D eigenvalue weighted by molar-refractivity contribution is 0.0864. The van der Waals surface area contributed by atoms with Gasteiger partial charge in [-0.2, -0.15) is 5.26 Å². The van der Waals surface area contributed by atoms with Crippen molar-refractivity contribution < 1.29 is 19.1 Å². The van der Waals surface area contributed by atoms with Gasteiger partial charge < -0.3 is 20.2 Å². The van der Waals surface area contributed by atoms with Crippen LogP contribution < -0.4 is 10.6 Å². The Morgan fingerprint density at radius 1 is 1.21 bits per heavy atom. The Morgan fingerprint density at radius 2 is 1.90 bits per heavy atom. The number of hydrogen-bond donors (Lipinski definition) is 3. The molecule has 1 fully saturated rings. The van der Waals surface area contributed by atoms with Crippen molar-refractivity contribution >= 4 is 11.8 Å². The van der Waals surface area contributed by atoms with E-state index in [0.717, 1.165) is 5.56 Å². The van der Waals surface area contributed by atoms with Gasteiger partial charge in [0.1, 0.15) is 5.76 Å². The SMILES string of the molecule is CNC(=O)c1cc(C(=O)N[C@H]2CC[C@H](O)CC2)c([C@H](CC#N)c2ccccc2)o1. The molecule has 0 unspecified atom stereocenters. The van der Waals surface area contributed by atoms with Crippen molar-refractivity contribution in [1.29, 1.82) is 5.26 Å². The lowest BCUT2D eigenvalue weighted by Gasteiger charge is -2.26. The number of hydrogen-bond acceptors (Lipinski definition) is 5. The number of nitriles is 1. The fraction of sp³-hybridized carbons (Fsp3) is 0.409. The van der Waals surface area contributed by atoms with E-state index >= 15 is 0 Å². The van der Waals surface area contributed by atoms with Gasteiger partial charge in [0.25, 0.3) is 11.8 Å². The highest BCUT2D eigenvalue weighted by molar-refractivity contribution is 5.99. The number of aliphatic hydroxyl groups excluding tert-OH is 1. The summed E-state index contributed by atoms with van der Waals surface area (Å²) in [6, 6.07) is 12.9. The molecule has 2 aromatic rings. The number of rotatable bonds is 6. The summed E-state index contributed by atoms with van der Waals surface area (Å²) in [6.07, 6.45) is 2.48. The van der Waals surface area contributed by atoms with Crippen LogP contribution in [0.3, 0.4) is 0 Å². The maximum Gasteiger partial charge on any atom is 0.286 e. The predicted octanol–water partition coefficient (Wildman–Crippen LogP) is 2.72. The molecular weight excluding hydrogens is 370 g/mol. The molecule has 1 aromatic heterocycles. The molecule has 1 saturated carbocycles. The van der Waals surface area contributed by atoms with E-state index in [2.05, 4.69) is 16.7 Å². The van der Waals surface area contributed by atoms with E-state index in [4.69, 9.17) is 4.42 Å². The number of nitrogens with zero attached hydrogens (tertiary/aromatic N) is 1. The van der Waals surface area contributed by atoms with E-state index in [1.165, 1.54) is 13.1 Å². The monoisotopic (exact) mass is 395 g/mol. The van der Waals surface area contributed by atoms with Gasteiger partial charge in [-0.25, -0.2) is 0 Å². The molecule has 29 heavy (non-hydrogen) atoms. The van der Waals surface area contributed by atoms with E-state index in [9.17, 15) is 20.0 Å². The van der Waals surface area contributed by atoms with E-state index in [0.29, 0.717) is 31.4 Å². The Labute approximate surface area is 169 Å². The van der Waals surface area contributed by atoms with Gasteiger partial charge in [0, 0.05) is 25.6 Å². The van der Waals surface area contributed by atoms with Crippen LogP contribution in [0, 0.1) is 11.3 Å². The van der Waals surface area contributed by atoms with Gasteiger partial charge in [-0.15, -0.1) is 0 Å². The summed E-state index contributed by atoms with van der Waals surface area (Å²) >= 11 is 0. The van der Waals surface area contributed by atoms with Crippen LogP contribution in [-0.2, 0) is 0 Å². The van der Waals surface area contributed by atoms with Crippen molar-refractivity contribution in [3.63, 3.8) is 0 Å². The third-order valence-corrected chi connectivity index (χ3v) is 5.30. The molecule has 1 aromatic carbocycles. The van der Waals surface area contributed by atoms with Gasteiger partial charge in [-0.3, -0.25) is 9.59 Å². The van der Waals surface area contributed by atoms with Crippen LogP contribution in [0.15, 0.2) is 40.8 Å². The summed E-state index contributed by atoms with van der Waals surface area (Å²) in [6.45, 7) is 0. The van der Waals surface area contributed by atoms with Crippen LogP contribution in [0.5, 0.6) is 0 Å². The van der Waals surface area contributed by atoms with Crippen LogP contribution in [0.4, 0.5) is 0 Å². The van der Waals surface area contributed by atoms with Crippen LogP contribution in [0.25, 0.3) is 0 Å². The normalized spacial score (nSPS) is 19.8. The highest BCUT2D eigenvalue weighted by Gasteiger charge is 2.30. The molecule has 1 heterocycles. The molecule has 3 rings (SSSR count). The zero-order valence-electron chi connectivity index (χ0n) is 16.4. The lowest BCUT2D eigenvalue weighted by atomic mass is 9.90. The predicted molar refractivity (Wildman–Crippen MR) is 106 cm³/mol. The second kappa shape index (κ2) is 9.39. The largest absolute Gasteiger partial charge is 0.454 e. The van der Waals surface area contributed by atoms with Crippen molar-refractivity contribution in [2.24, 2.45) is 0 Å². The molecule has 3 N–H and O–H groups in total. The fourth-order valence-electron chi connectivity index (χ4n) is 3.70. The first kappa shape index (κ1) is 20.6. The highest BCUT2D eigenvalue weighted by atomic mass is 16.4. The number of furan rings is 1. The van der Waals surface area contributed by atoms with E-state index < -0.39 is 11.8 Å². The Kier molecular flexibility index (Phi) is 6.68. The summed E-state index contributed by atoms with van der Waals surface area (Å²) in [4.78, 5) is 25.1. The Hall–Kier alpha value is -3.11. The topological polar surface area (TPSA) is 115 Å². The molecule has 0 aliphatic heterocycles. The van der Waals surface area contributed by atoms with Gasteiger partial charge in [0.2, 0.25) is 0 Å². The summed E-state index contributed by atoms with van der Waals surface area (Å²) in [7, 11) is 1.49. The number of carbonyl (C=O) groups is 2. The first-order valence-corrected chi connectivity index (χ1v) is 9.80. The van der Waals surface area contributed by atoms with Crippen molar-refractivity contribution in [1.82, 2.24) is 10.6 Å². The number of benzene rings is 1. The quantitative estimate of drug-likeness (QED) is 0.696. The van der Waals surface area contributed by atoms with Crippen molar-refractivity contribution in [2.75, 3.05) is 7.05 Å². The molecule has 152 valence electrons. The second-order valence-corrected chi connectivity index (χ2v) is 7.27. The Balaban J connectivity index is 1.94. The maximum absolute atomic E-state index is 13.0. The van der Waals surface area contributed by atoms with E-state index in [1.807, 2.05) is 30.3 Å². The van der Waals surface area contributed by atoms with Gasteiger partial charge >= 0.3 is 0 Å². The minimum atomic E-state index is -0.464. The van der Waals surface area contributed by atoms with Crippen LogP contribution in [0.2, 0.25) is 0 Å². The molecule has 0 bridgehead atoms. The Bertz CT molecular complexity index is 893. The summed E-state index contributed by atoms with van der Waals surface area (Å²) in [5, 5.41) is 24.5. The number of aliphatic hydroxyl groups is 1. The standard InChI is InChI=1S/C22H25N3O4/c1-24-22(28)19-13-18(21(27)25-15-7-9-16(26)10-8-15)20(29-19)17(11-12-23)14-5-3-2-4-6-14/h2-6,13,15-17,26H,7-11H2,1H3,(H,24,28)(H,25,27)/t15-,16-,17-/m1/s1. The van der Waals surface area contributed by atoms with Gasteiger partial charge in [-0.05, 0) is 31.2 Å². The molecule has 1 atom stereocenters. The molecule has 7 nitrogen and oxygen atoms in total. The molecule has 0 spiro atoms.